The van der Waals surface area contributed by atoms with Crippen LogP contribution in [0.1, 0.15) is 41.6 Å². The Morgan fingerprint density at radius 2 is 1.95 bits per heavy atom. The number of aryl methyl sites for hydroxylation is 1. The van der Waals surface area contributed by atoms with Gasteiger partial charge in [0, 0.05) is 15.3 Å². The second-order valence-electron chi connectivity index (χ2n) is 4.83. The fourth-order valence-corrected chi connectivity index (χ4v) is 3.35. The number of rotatable bonds is 6. The van der Waals surface area contributed by atoms with Crippen molar-refractivity contribution in [3.63, 3.8) is 0 Å². The van der Waals surface area contributed by atoms with Crippen molar-refractivity contribution in [1.29, 1.82) is 0 Å². The van der Waals surface area contributed by atoms with Gasteiger partial charge in [0.1, 0.15) is 11.6 Å². The fraction of sp³-hybridized carbons (Fsp3) is 0.375. The first-order valence-corrected chi connectivity index (χ1v) is 8.22. The molecule has 0 fully saturated rings. The normalized spacial score (nSPS) is 12.6. The Morgan fingerprint density at radius 3 is 2.57 bits per heavy atom. The first-order valence-electron chi connectivity index (χ1n) is 7.03. The van der Waals surface area contributed by atoms with Crippen LogP contribution in [0.4, 0.5) is 8.78 Å². The van der Waals surface area contributed by atoms with Gasteiger partial charge in [-0.05, 0) is 43.7 Å². The maximum Gasteiger partial charge on any atom is 0.142 e. The highest BCUT2D eigenvalue weighted by atomic mass is 35.5. The van der Waals surface area contributed by atoms with E-state index in [4.69, 9.17) is 11.6 Å². The molecule has 1 unspecified atom stereocenters. The Labute approximate surface area is 133 Å². The fourth-order valence-electron chi connectivity index (χ4n) is 2.15. The molecule has 1 aromatic heterocycles. The second-order valence-corrected chi connectivity index (χ2v) is 6.44. The number of hydrogen-bond acceptors (Lipinski definition) is 2. The summed E-state index contributed by atoms with van der Waals surface area (Å²) in [6, 6.07) is 5.90. The first-order chi connectivity index (χ1) is 10.1. The Kier molecular flexibility index (Phi) is 5.73. The molecule has 5 heteroatoms. The molecule has 1 nitrogen and oxygen atoms in total. The molecule has 2 rings (SSSR count). The molecular formula is C16H18ClF2NS. The third-order valence-electron chi connectivity index (χ3n) is 3.26. The van der Waals surface area contributed by atoms with E-state index in [9.17, 15) is 8.78 Å². The minimum atomic E-state index is -0.594. The van der Waals surface area contributed by atoms with Gasteiger partial charge in [-0.1, -0.05) is 25.4 Å². The van der Waals surface area contributed by atoms with Crippen LogP contribution in [0, 0.1) is 11.6 Å². The first kappa shape index (κ1) is 16.4. The molecule has 0 saturated heterocycles. The summed E-state index contributed by atoms with van der Waals surface area (Å²) in [5.74, 6) is -1.08. The molecule has 0 aliphatic carbocycles. The largest absolute Gasteiger partial charge is 0.306 e. The van der Waals surface area contributed by atoms with Crippen LogP contribution in [0.15, 0.2) is 24.3 Å². The summed E-state index contributed by atoms with van der Waals surface area (Å²) in [5.41, 5.74) is 0.301. The van der Waals surface area contributed by atoms with Crippen LogP contribution in [0.5, 0.6) is 0 Å². The minimum Gasteiger partial charge on any atom is -0.306 e. The molecule has 1 atom stereocenters. The van der Waals surface area contributed by atoms with Crippen molar-refractivity contribution in [2.45, 2.75) is 32.7 Å². The summed E-state index contributed by atoms with van der Waals surface area (Å²) in [7, 11) is 0. The lowest BCUT2D eigenvalue weighted by Gasteiger charge is -2.19. The topological polar surface area (TPSA) is 12.0 Å². The number of thiophene rings is 1. The van der Waals surface area contributed by atoms with Crippen LogP contribution in [0.2, 0.25) is 5.02 Å². The number of nitrogens with one attached hydrogen (secondary N) is 1. The van der Waals surface area contributed by atoms with Gasteiger partial charge in [0.15, 0.2) is 0 Å². The maximum absolute atomic E-state index is 14.2. The minimum absolute atomic E-state index is 0.189. The number of hydrogen-bond donors (Lipinski definition) is 1. The molecule has 0 spiro atoms. The molecular weight excluding hydrogens is 312 g/mol. The van der Waals surface area contributed by atoms with Gasteiger partial charge >= 0.3 is 0 Å². The standard InChI is InChI=1S/C16H18ClF2NS/c1-3-7-20-16(15-6-5-10(4-2)21-15)11-8-14(19)12(17)9-13(11)18/h5-6,8-9,16,20H,3-4,7H2,1-2H3. The van der Waals surface area contributed by atoms with Gasteiger partial charge in [0.05, 0.1) is 11.1 Å². The summed E-state index contributed by atoms with van der Waals surface area (Å²) >= 11 is 7.26. The molecule has 0 bridgehead atoms. The van der Waals surface area contributed by atoms with Crippen molar-refractivity contribution < 1.29 is 8.78 Å². The van der Waals surface area contributed by atoms with Gasteiger partial charge in [0.2, 0.25) is 0 Å². The zero-order chi connectivity index (χ0) is 15.4. The summed E-state index contributed by atoms with van der Waals surface area (Å²) in [6.07, 6.45) is 1.85. The molecule has 0 amide bonds. The lowest BCUT2D eigenvalue weighted by atomic mass is 10.0. The smallest absolute Gasteiger partial charge is 0.142 e. The maximum atomic E-state index is 14.2. The van der Waals surface area contributed by atoms with Crippen molar-refractivity contribution in [3.05, 3.63) is 56.2 Å². The molecule has 1 N–H and O–H groups in total. The van der Waals surface area contributed by atoms with Crippen LogP contribution in [-0.2, 0) is 6.42 Å². The van der Waals surface area contributed by atoms with Gasteiger partial charge < -0.3 is 5.32 Å². The molecule has 21 heavy (non-hydrogen) atoms. The molecule has 1 aromatic carbocycles. The Hall–Kier alpha value is -0.970. The Morgan fingerprint density at radius 1 is 1.19 bits per heavy atom. The van der Waals surface area contributed by atoms with Gasteiger partial charge in [-0.15, -0.1) is 11.3 Å². The molecule has 0 radical (unpaired) electrons. The van der Waals surface area contributed by atoms with Gasteiger partial charge in [-0.3, -0.25) is 0 Å². The summed E-state index contributed by atoms with van der Waals surface area (Å²) in [4.78, 5) is 2.21. The lowest BCUT2D eigenvalue weighted by Crippen LogP contribution is -2.23. The van der Waals surface area contributed by atoms with E-state index >= 15 is 0 Å². The molecule has 2 aromatic rings. The monoisotopic (exact) mass is 329 g/mol. The molecule has 0 aliphatic rings. The van der Waals surface area contributed by atoms with E-state index in [1.807, 2.05) is 19.1 Å². The summed E-state index contributed by atoms with van der Waals surface area (Å²) < 4.78 is 27.9. The van der Waals surface area contributed by atoms with E-state index in [-0.39, 0.29) is 11.1 Å². The predicted molar refractivity (Wildman–Crippen MR) is 85.2 cm³/mol. The zero-order valence-corrected chi connectivity index (χ0v) is 13.6. The third-order valence-corrected chi connectivity index (χ3v) is 4.85. The molecule has 114 valence electrons. The van der Waals surface area contributed by atoms with Crippen molar-refractivity contribution in [2.75, 3.05) is 6.54 Å². The van der Waals surface area contributed by atoms with Gasteiger partial charge in [-0.25, -0.2) is 8.78 Å². The lowest BCUT2D eigenvalue weighted by molar-refractivity contribution is 0.539. The van der Waals surface area contributed by atoms with E-state index in [1.54, 1.807) is 11.3 Å². The van der Waals surface area contributed by atoms with Crippen LogP contribution in [0.25, 0.3) is 0 Å². The molecule has 1 heterocycles. The number of halogens is 3. The highest BCUT2D eigenvalue weighted by Crippen LogP contribution is 2.32. The Balaban J connectivity index is 2.42. The van der Waals surface area contributed by atoms with E-state index in [0.717, 1.165) is 30.3 Å². The second kappa shape index (κ2) is 7.34. The highest BCUT2D eigenvalue weighted by Gasteiger charge is 2.21. The van der Waals surface area contributed by atoms with Crippen molar-refractivity contribution >= 4 is 22.9 Å². The van der Waals surface area contributed by atoms with E-state index in [0.29, 0.717) is 5.56 Å². The Bertz CT molecular complexity index is 612. The van der Waals surface area contributed by atoms with E-state index in [1.165, 1.54) is 10.9 Å². The van der Waals surface area contributed by atoms with Gasteiger partial charge in [0.25, 0.3) is 0 Å². The highest BCUT2D eigenvalue weighted by molar-refractivity contribution is 7.12. The molecule has 0 aliphatic heterocycles. The van der Waals surface area contributed by atoms with E-state index < -0.39 is 11.6 Å². The van der Waals surface area contributed by atoms with Crippen LogP contribution < -0.4 is 5.32 Å². The average Bonchev–Trinajstić information content (AvgIpc) is 2.93. The van der Waals surface area contributed by atoms with Crippen LogP contribution in [-0.4, -0.2) is 6.54 Å². The summed E-state index contributed by atoms with van der Waals surface area (Å²) in [5, 5.41) is 3.10. The number of benzene rings is 1. The van der Waals surface area contributed by atoms with E-state index in [2.05, 4.69) is 12.2 Å². The molecule has 0 saturated carbocycles. The van der Waals surface area contributed by atoms with Crippen LogP contribution in [0.3, 0.4) is 0 Å². The van der Waals surface area contributed by atoms with Crippen LogP contribution >= 0.6 is 22.9 Å². The van der Waals surface area contributed by atoms with Crippen molar-refractivity contribution in [1.82, 2.24) is 5.32 Å². The van der Waals surface area contributed by atoms with Gasteiger partial charge in [-0.2, -0.15) is 0 Å². The quantitative estimate of drug-likeness (QED) is 0.706. The van der Waals surface area contributed by atoms with Crippen molar-refractivity contribution in [3.8, 4) is 0 Å². The third kappa shape index (κ3) is 3.82. The summed E-state index contributed by atoms with van der Waals surface area (Å²) in [6.45, 7) is 4.84. The average molecular weight is 330 g/mol. The van der Waals surface area contributed by atoms with Crippen molar-refractivity contribution in [2.24, 2.45) is 0 Å². The zero-order valence-electron chi connectivity index (χ0n) is 12.1. The predicted octanol–water partition coefficient (Wildman–Crippen LogP) is 5.33. The SMILES string of the molecule is CCCNC(c1ccc(CC)s1)c1cc(F)c(Cl)cc1F.